The molecule has 0 aliphatic carbocycles. The Hall–Kier alpha value is -2.45. The minimum Gasteiger partial charge on any atom is -0.463 e. The van der Waals surface area contributed by atoms with Gasteiger partial charge in [-0.05, 0) is 44.5 Å². The molecule has 1 aromatic rings. The molecular weight excluding hydrogens is 327 g/mol. The average Bonchev–Trinajstić information content (AvgIpc) is 2.43. The lowest BCUT2D eigenvalue weighted by atomic mass is 10.3. The molecule has 3 N–H and O–H groups in total. The number of halogens is 3. The lowest BCUT2D eigenvalue weighted by molar-refractivity contribution is -0.274. The molecule has 24 heavy (non-hydrogen) atoms. The van der Waals surface area contributed by atoms with Crippen molar-refractivity contribution >= 4 is 17.6 Å². The first-order chi connectivity index (χ1) is 11.2. The standard InChI is InChI=1S/C15H20F3N3O3/c1-10(2)23-13(22)4-3-9-20-14(19)21-11-5-7-12(8-6-11)24-15(16,17)18/h5-8,10H,3-4,9H2,1-2H3,(H3,19,20,21). The Kier molecular flexibility index (Phi) is 7.34. The summed E-state index contributed by atoms with van der Waals surface area (Å²) in [5.41, 5.74) is 6.12. The van der Waals surface area contributed by atoms with E-state index in [0.29, 0.717) is 18.7 Å². The minimum absolute atomic E-state index is 0.0942. The molecule has 0 unspecified atom stereocenters. The number of ether oxygens (including phenoxy) is 2. The summed E-state index contributed by atoms with van der Waals surface area (Å²) in [5.74, 6) is -0.532. The van der Waals surface area contributed by atoms with Gasteiger partial charge in [-0.1, -0.05) is 0 Å². The van der Waals surface area contributed by atoms with Gasteiger partial charge < -0.3 is 20.5 Å². The number of benzene rings is 1. The number of carbonyl (C=O) groups is 1. The third-order valence-corrected chi connectivity index (χ3v) is 2.55. The first-order valence-corrected chi connectivity index (χ1v) is 7.28. The van der Waals surface area contributed by atoms with Gasteiger partial charge in [-0.2, -0.15) is 0 Å². The SMILES string of the molecule is CC(C)OC(=O)CCCN=C(N)Nc1ccc(OC(F)(F)F)cc1. The summed E-state index contributed by atoms with van der Waals surface area (Å²) in [4.78, 5) is 15.3. The van der Waals surface area contributed by atoms with E-state index in [9.17, 15) is 18.0 Å². The Morgan fingerprint density at radius 2 is 1.92 bits per heavy atom. The topological polar surface area (TPSA) is 85.9 Å². The van der Waals surface area contributed by atoms with E-state index >= 15 is 0 Å². The Bertz CT molecular complexity index is 557. The van der Waals surface area contributed by atoms with Gasteiger partial charge in [0.15, 0.2) is 5.96 Å². The number of esters is 1. The lowest BCUT2D eigenvalue weighted by Crippen LogP contribution is -2.23. The van der Waals surface area contributed by atoms with Crippen molar-refractivity contribution in [1.29, 1.82) is 0 Å². The number of nitrogens with two attached hydrogens (primary N) is 1. The molecule has 0 spiro atoms. The van der Waals surface area contributed by atoms with E-state index in [1.165, 1.54) is 12.1 Å². The molecule has 0 heterocycles. The van der Waals surface area contributed by atoms with Gasteiger partial charge in [0.2, 0.25) is 0 Å². The quantitative estimate of drug-likeness (QED) is 0.343. The fourth-order valence-corrected chi connectivity index (χ4v) is 1.67. The predicted octanol–water partition coefficient (Wildman–Crippen LogP) is 3.04. The predicted molar refractivity (Wildman–Crippen MR) is 83.7 cm³/mol. The number of guanidine groups is 1. The summed E-state index contributed by atoms with van der Waals surface area (Å²) in [6.07, 6.45) is -4.17. The van der Waals surface area contributed by atoms with Crippen LogP contribution in [0.25, 0.3) is 0 Å². The van der Waals surface area contributed by atoms with Crippen LogP contribution in [0, 0.1) is 0 Å². The van der Waals surface area contributed by atoms with Crippen molar-refractivity contribution in [1.82, 2.24) is 0 Å². The zero-order valence-electron chi connectivity index (χ0n) is 13.4. The number of rotatable bonds is 7. The van der Waals surface area contributed by atoms with Crippen molar-refractivity contribution in [3.63, 3.8) is 0 Å². The van der Waals surface area contributed by atoms with Gasteiger partial charge in [0.25, 0.3) is 0 Å². The highest BCUT2D eigenvalue weighted by Crippen LogP contribution is 2.23. The normalized spacial score (nSPS) is 12.2. The van der Waals surface area contributed by atoms with E-state index < -0.39 is 6.36 Å². The number of alkyl halides is 3. The monoisotopic (exact) mass is 347 g/mol. The summed E-state index contributed by atoms with van der Waals surface area (Å²) in [6.45, 7) is 3.85. The third kappa shape index (κ3) is 8.86. The summed E-state index contributed by atoms with van der Waals surface area (Å²) in [5, 5.41) is 2.73. The van der Waals surface area contributed by atoms with Gasteiger partial charge in [0.05, 0.1) is 6.10 Å². The van der Waals surface area contributed by atoms with Crippen molar-refractivity contribution < 1.29 is 27.4 Å². The Morgan fingerprint density at radius 1 is 1.29 bits per heavy atom. The molecule has 0 fully saturated rings. The van der Waals surface area contributed by atoms with Gasteiger partial charge in [-0.15, -0.1) is 13.2 Å². The number of nitrogens with zero attached hydrogens (tertiary/aromatic N) is 1. The molecule has 6 nitrogen and oxygen atoms in total. The van der Waals surface area contributed by atoms with Crippen LogP contribution in [0.15, 0.2) is 29.3 Å². The van der Waals surface area contributed by atoms with Crippen LogP contribution in [0.4, 0.5) is 18.9 Å². The van der Waals surface area contributed by atoms with Crippen molar-refractivity contribution in [3.8, 4) is 5.75 Å². The third-order valence-electron chi connectivity index (χ3n) is 2.55. The number of hydrogen-bond donors (Lipinski definition) is 2. The maximum atomic E-state index is 12.0. The molecule has 134 valence electrons. The fraction of sp³-hybridized carbons (Fsp3) is 0.467. The number of aliphatic imine (C=N–C) groups is 1. The van der Waals surface area contributed by atoms with Gasteiger partial charge in [0, 0.05) is 18.7 Å². The molecule has 1 aromatic carbocycles. The highest BCUT2D eigenvalue weighted by molar-refractivity contribution is 5.92. The summed E-state index contributed by atoms with van der Waals surface area (Å²) in [7, 11) is 0. The molecule has 0 atom stereocenters. The molecule has 0 aliphatic rings. The molecule has 0 amide bonds. The molecule has 0 saturated heterocycles. The highest BCUT2D eigenvalue weighted by atomic mass is 19.4. The number of nitrogens with one attached hydrogen (secondary N) is 1. The average molecular weight is 347 g/mol. The fourth-order valence-electron chi connectivity index (χ4n) is 1.67. The number of hydrogen-bond acceptors (Lipinski definition) is 4. The van der Waals surface area contributed by atoms with Gasteiger partial charge in [-0.3, -0.25) is 9.79 Å². The van der Waals surface area contributed by atoms with Gasteiger partial charge in [-0.25, -0.2) is 0 Å². The van der Waals surface area contributed by atoms with E-state index in [0.717, 1.165) is 12.1 Å². The smallest absolute Gasteiger partial charge is 0.463 e. The summed E-state index contributed by atoms with van der Waals surface area (Å²) < 4.78 is 44.9. The van der Waals surface area contributed by atoms with E-state index in [2.05, 4.69) is 15.0 Å². The first kappa shape index (κ1) is 19.6. The lowest BCUT2D eigenvalue weighted by Gasteiger charge is -2.10. The first-order valence-electron chi connectivity index (χ1n) is 7.28. The Balaban J connectivity index is 2.38. The summed E-state index contributed by atoms with van der Waals surface area (Å²) >= 11 is 0. The second-order valence-electron chi connectivity index (χ2n) is 5.11. The minimum atomic E-state index is -4.73. The number of anilines is 1. The molecule has 0 bridgehead atoms. The maximum absolute atomic E-state index is 12.0. The van der Waals surface area contributed by atoms with Crippen LogP contribution in [0.2, 0.25) is 0 Å². The van der Waals surface area contributed by atoms with Crippen LogP contribution in [0.5, 0.6) is 5.75 Å². The van der Waals surface area contributed by atoms with Crippen molar-refractivity contribution in [2.24, 2.45) is 10.7 Å². The molecule has 9 heteroatoms. The Labute approximate surface area is 137 Å². The zero-order chi connectivity index (χ0) is 18.2. The second kappa shape index (κ2) is 8.99. The van der Waals surface area contributed by atoms with Crippen LogP contribution in [-0.4, -0.2) is 30.9 Å². The molecular formula is C15H20F3N3O3. The summed E-state index contributed by atoms with van der Waals surface area (Å²) in [6, 6.07) is 5.07. The van der Waals surface area contributed by atoms with Gasteiger partial charge in [0.1, 0.15) is 5.75 Å². The van der Waals surface area contributed by atoms with E-state index in [-0.39, 0.29) is 30.2 Å². The zero-order valence-corrected chi connectivity index (χ0v) is 13.4. The molecule has 1 rings (SSSR count). The van der Waals surface area contributed by atoms with E-state index in [4.69, 9.17) is 10.5 Å². The number of carbonyl (C=O) groups excluding carboxylic acids is 1. The largest absolute Gasteiger partial charge is 0.573 e. The van der Waals surface area contributed by atoms with Crippen LogP contribution in [0.1, 0.15) is 26.7 Å². The van der Waals surface area contributed by atoms with Crippen molar-refractivity contribution in [3.05, 3.63) is 24.3 Å². The van der Waals surface area contributed by atoms with Crippen LogP contribution in [0.3, 0.4) is 0 Å². The van der Waals surface area contributed by atoms with Crippen molar-refractivity contribution in [2.45, 2.75) is 39.2 Å². The van der Waals surface area contributed by atoms with E-state index in [1.807, 2.05) is 0 Å². The van der Waals surface area contributed by atoms with Crippen LogP contribution in [-0.2, 0) is 9.53 Å². The maximum Gasteiger partial charge on any atom is 0.573 e. The van der Waals surface area contributed by atoms with Gasteiger partial charge >= 0.3 is 12.3 Å². The molecule has 0 aliphatic heterocycles. The molecule has 0 radical (unpaired) electrons. The van der Waals surface area contributed by atoms with Crippen molar-refractivity contribution in [2.75, 3.05) is 11.9 Å². The van der Waals surface area contributed by atoms with E-state index in [1.54, 1.807) is 13.8 Å². The molecule has 0 saturated carbocycles. The van der Waals surface area contributed by atoms with Crippen LogP contribution < -0.4 is 15.8 Å². The highest BCUT2D eigenvalue weighted by Gasteiger charge is 2.30. The Morgan fingerprint density at radius 3 is 2.46 bits per heavy atom. The second-order valence-corrected chi connectivity index (χ2v) is 5.11. The molecule has 0 aromatic heterocycles. The van der Waals surface area contributed by atoms with Crippen LogP contribution >= 0.6 is 0 Å².